The number of rotatable bonds is 3. The summed E-state index contributed by atoms with van der Waals surface area (Å²) in [5.41, 5.74) is 2.64. The number of oxazole rings is 1. The molecule has 4 nitrogen and oxygen atoms in total. The first kappa shape index (κ1) is 13.6. The average Bonchev–Trinajstić information content (AvgIpc) is 2.80. The Balaban J connectivity index is 2.10. The molecule has 1 N–H and O–H groups in total. The van der Waals surface area contributed by atoms with Gasteiger partial charge in [-0.05, 0) is 35.4 Å². The molecule has 5 heteroatoms. The van der Waals surface area contributed by atoms with Gasteiger partial charge in [-0.15, -0.1) is 0 Å². The highest BCUT2D eigenvalue weighted by molar-refractivity contribution is 6.30. The number of hydrogen-bond donors (Lipinski definition) is 1. The Hall–Kier alpha value is -2.33. The van der Waals surface area contributed by atoms with Crippen LogP contribution in [0.1, 0.15) is 22.9 Å². The van der Waals surface area contributed by atoms with Gasteiger partial charge in [0.05, 0.1) is 0 Å². The summed E-state index contributed by atoms with van der Waals surface area (Å²) in [5, 5.41) is 10.1. The van der Waals surface area contributed by atoms with Crippen LogP contribution in [-0.4, -0.2) is 16.1 Å². The van der Waals surface area contributed by atoms with Gasteiger partial charge in [0.1, 0.15) is 11.4 Å². The maximum atomic E-state index is 11.6. The molecule has 1 aromatic heterocycles. The van der Waals surface area contributed by atoms with Gasteiger partial charge < -0.3 is 9.52 Å². The Morgan fingerprint density at radius 3 is 2.52 bits per heavy atom. The van der Waals surface area contributed by atoms with Crippen molar-refractivity contribution in [2.75, 3.05) is 0 Å². The van der Waals surface area contributed by atoms with Crippen LogP contribution in [0, 0.1) is 6.92 Å². The molecule has 1 unspecified atom stereocenters. The summed E-state index contributed by atoms with van der Waals surface area (Å²) in [6, 6.07) is 12.1. The maximum Gasteiger partial charge on any atom is 0.315 e. The van der Waals surface area contributed by atoms with Crippen LogP contribution >= 0.6 is 11.6 Å². The van der Waals surface area contributed by atoms with Crippen molar-refractivity contribution in [1.82, 2.24) is 4.98 Å². The lowest BCUT2D eigenvalue weighted by molar-refractivity contribution is -0.137. The number of carbonyl (C=O) groups is 1. The van der Waals surface area contributed by atoms with Crippen molar-refractivity contribution < 1.29 is 14.3 Å². The van der Waals surface area contributed by atoms with Crippen molar-refractivity contribution in [3.8, 4) is 0 Å². The lowest BCUT2D eigenvalue weighted by Gasteiger charge is -2.13. The van der Waals surface area contributed by atoms with Gasteiger partial charge in [-0.2, -0.15) is 0 Å². The van der Waals surface area contributed by atoms with Crippen LogP contribution in [0.2, 0.25) is 5.02 Å². The molecule has 3 aromatic rings. The molecule has 1 atom stereocenters. The molecular weight excluding hydrogens is 290 g/mol. The number of hydrogen-bond acceptors (Lipinski definition) is 3. The minimum atomic E-state index is -0.920. The molecule has 0 aliphatic carbocycles. The molecule has 0 bridgehead atoms. The molecule has 2 aromatic carbocycles. The first-order valence-corrected chi connectivity index (χ1v) is 6.78. The van der Waals surface area contributed by atoms with Crippen LogP contribution in [0.25, 0.3) is 11.1 Å². The Labute approximate surface area is 126 Å². The molecular formula is C16H12ClNO3. The fourth-order valence-corrected chi connectivity index (χ4v) is 2.50. The summed E-state index contributed by atoms with van der Waals surface area (Å²) in [4.78, 5) is 15.9. The number of nitrogens with zero attached hydrogens (tertiary/aromatic N) is 1. The monoisotopic (exact) mass is 301 g/mol. The smallest absolute Gasteiger partial charge is 0.315 e. The van der Waals surface area contributed by atoms with E-state index in [0.29, 0.717) is 33.1 Å². The highest BCUT2D eigenvalue weighted by Gasteiger charge is 2.23. The molecule has 0 saturated carbocycles. The second-order valence-electron chi connectivity index (χ2n) is 4.78. The SMILES string of the molecule is Cc1nc2cc(C(C(=O)O)c3ccc(Cl)cc3)ccc2o1. The first-order valence-electron chi connectivity index (χ1n) is 6.40. The number of benzene rings is 2. The summed E-state index contributed by atoms with van der Waals surface area (Å²) in [5.74, 6) is -1.12. The zero-order chi connectivity index (χ0) is 15.0. The molecule has 3 rings (SSSR count). The number of fused-ring (bicyclic) bond motifs is 1. The van der Waals surface area contributed by atoms with E-state index >= 15 is 0 Å². The van der Waals surface area contributed by atoms with Crippen molar-refractivity contribution in [3.63, 3.8) is 0 Å². The zero-order valence-corrected chi connectivity index (χ0v) is 12.0. The van der Waals surface area contributed by atoms with Crippen LogP contribution in [0.4, 0.5) is 0 Å². The molecule has 0 fully saturated rings. The van der Waals surface area contributed by atoms with E-state index < -0.39 is 11.9 Å². The van der Waals surface area contributed by atoms with E-state index in [9.17, 15) is 9.90 Å². The van der Waals surface area contributed by atoms with Gasteiger partial charge in [-0.3, -0.25) is 4.79 Å². The number of aliphatic carboxylic acids is 1. The molecule has 0 aliphatic rings. The standard InChI is InChI=1S/C16H12ClNO3/c1-9-18-13-8-11(4-7-14(13)21-9)15(16(19)20)10-2-5-12(17)6-3-10/h2-8,15H,1H3,(H,19,20). The van der Waals surface area contributed by atoms with Gasteiger partial charge in [0.15, 0.2) is 11.5 Å². The van der Waals surface area contributed by atoms with Gasteiger partial charge in [-0.1, -0.05) is 29.8 Å². The van der Waals surface area contributed by atoms with Crippen LogP contribution in [-0.2, 0) is 4.79 Å². The van der Waals surface area contributed by atoms with Crippen LogP contribution < -0.4 is 0 Å². The average molecular weight is 302 g/mol. The third kappa shape index (κ3) is 2.62. The van der Waals surface area contributed by atoms with E-state index in [0.717, 1.165) is 0 Å². The molecule has 106 valence electrons. The lowest BCUT2D eigenvalue weighted by atomic mass is 9.91. The predicted molar refractivity (Wildman–Crippen MR) is 79.7 cm³/mol. The van der Waals surface area contributed by atoms with Crippen LogP contribution in [0.5, 0.6) is 0 Å². The second-order valence-corrected chi connectivity index (χ2v) is 5.22. The van der Waals surface area contributed by atoms with Gasteiger partial charge in [0, 0.05) is 11.9 Å². The van der Waals surface area contributed by atoms with Crippen molar-refractivity contribution in [1.29, 1.82) is 0 Å². The zero-order valence-electron chi connectivity index (χ0n) is 11.2. The van der Waals surface area contributed by atoms with E-state index in [1.807, 2.05) is 0 Å². The van der Waals surface area contributed by atoms with Gasteiger partial charge in [-0.25, -0.2) is 4.98 Å². The molecule has 0 amide bonds. The van der Waals surface area contributed by atoms with Crippen LogP contribution in [0.3, 0.4) is 0 Å². The van der Waals surface area contributed by atoms with Gasteiger partial charge in [0.25, 0.3) is 0 Å². The largest absolute Gasteiger partial charge is 0.481 e. The number of aromatic nitrogens is 1. The number of carboxylic acids is 1. The predicted octanol–water partition coefficient (Wildman–Crippen LogP) is 4.01. The van der Waals surface area contributed by atoms with E-state index in [-0.39, 0.29) is 0 Å². The normalized spacial score (nSPS) is 12.5. The van der Waals surface area contributed by atoms with Gasteiger partial charge in [0.2, 0.25) is 0 Å². The fourth-order valence-electron chi connectivity index (χ4n) is 2.37. The Bertz CT molecular complexity index is 808. The third-order valence-corrected chi connectivity index (χ3v) is 3.55. The van der Waals surface area contributed by atoms with Crippen molar-refractivity contribution >= 4 is 28.7 Å². The third-order valence-electron chi connectivity index (χ3n) is 3.30. The number of carboxylic acid groups (broad SMARTS) is 1. The summed E-state index contributed by atoms with van der Waals surface area (Å²) < 4.78 is 5.41. The molecule has 21 heavy (non-hydrogen) atoms. The summed E-state index contributed by atoms with van der Waals surface area (Å²) >= 11 is 5.85. The maximum absolute atomic E-state index is 11.6. The molecule has 0 saturated heterocycles. The van der Waals surface area contributed by atoms with Crippen LogP contribution in [0.15, 0.2) is 46.9 Å². The van der Waals surface area contributed by atoms with E-state index in [1.165, 1.54) is 0 Å². The lowest BCUT2D eigenvalue weighted by Crippen LogP contribution is -2.13. The molecule has 0 radical (unpaired) electrons. The van der Waals surface area contributed by atoms with Crippen molar-refractivity contribution in [2.24, 2.45) is 0 Å². The minimum absolute atomic E-state index is 0.556. The first-order chi connectivity index (χ1) is 10.0. The highest BCUT2D eigenvalue weighted by atomic mass is 35.5. The van der Waals surface area contributed by atoms with E-state index in [1.54, 1.807) is 49.4 Å². The quantitative estimate of drug-likeness (QED) is 0.794. The van der Waals surface area contributed by atoms with Crippen molar-refractivity contribution in [3.05, 3.63) is 64.5 Å². The fraction of sp³-hybridized carbons (Fsp3) is 0.125. The van der Waals surface area contributed by atoms with E-state index in [4.69, 9.17) is 16.0 Å². The topological polar surface area (TPSA) is 63.3 Å². The Morgan fingerprint density at radius 1 is 1.19 bits per heavy atom. The van der Waals surface area contributed by atoms with Crippen molar-refractivity contribution in [2.45, 2.75) is 12.8 Å². The summed E-state index contributed by atoms with van der Waals surface area (Å²) in [6.07, 6.45) is 0. The Morgan fingerprint density at radius 2 is 1.86 bits per heavy atom. The van der Waals surface area contributed by atoms with Gasteiger partial charge >= 0.3 is 5.97 Å². The second kappa shape index (κ2) is 5.22. The van der Waals surface area contributed by atoms with E-state index in [2.05, 4.69) is 4.98 Å². The summed E-state index contributed by atoms with van der Waals surface area (Å²) in [6.45, 7) is 1.76. The Kier molecular flexibility index (Phi) is 3.39. The molecule has 0 aliphatic heterocycles. The highest BCUT2D eigenvalue weighted by Crippen LogP contribution is 2.28. The minimum Gasteiger partial charge on any atom is -0.481 e. The summed E-state index contributed by atoms with van der Waals surface area (Å²) in [7, 11) is 0. The number of aryl methyl sites for hydroxylation is 1. The molecule has 0 spiro atoms. The number of halogens is 1. The molecule has 1 heterocycles.